The van der Waals surface area contributed by atoms with Gasteiger partial charge in [-0.05, 0) is 82.7 Å². The number of hydrogen-bond donors (Lipinski definition) is 3. The van der Waals surface area contributed by atoms with E-state index in [0.717, 1.165) is 23.3 Å². The number of carboxylic acid groups (broad SMARTS) is 1. The lowest BCUT2D eigenvalue weighted by Crippen LogP contribution is -2.55. The summed E-state index contributed by atoms with van der Waals surface area (Å²) in [6.07, 6.45) is 4.76. The van der Waals surface area contributed by atoms with Gasteiger partial charge in [-0.3, -0.25) is 0 Å². The van der Waals surface area contributed by atoms with Crippen LogP contribution in [0.4, 0.5) is 4.79 Å². The number of carbonyl (C=O) groups excluding carboxylic acids is 1. The maximum absolute atomic E-state index is 12.6. The number of amides is 1. The van der Waals surface area contributed by atoms with Gasteiger partial charge in [0.1, 0.15) is 22.6 Å². The summed E-state index contributed by atoms with van der Waals surface area (Å²) in [6, 6.07) is 7.38. The van der Waals surface area contributed by atoms with Gasteiger partial charge in [-0.2, -0.15) is 0 Å². The second-order valence-electron chi connectivity index (χ2n) is 11.0. The van der Waals surface area contributed by atoms with Crippen LogP contribution in [0.5, 0.6) is 5.75 Å². The van der Waals surface area contributed by atoms with E-state index in [-0.39, 0.29) is 12.0 Å². The molecule has 2 heterocycles. The van der Waals surface area contributed by atoms with Gasteiger partial charge < -0.3 is 19.9 Å². The summed E-state index contributed by atoms with van der Waals surface area (Å²) < 4.78 is 11.9. The molecule has 3 N–H and O–H groups in total. The average molecular weight is 519 g/mol. The highest BCUT2D eigenvalue weighted by molar-refractivity contribution is 5.97. The highest BCUT2D eigenvalue weighted by Gasteiger charge is 2.50. The smallest absolute Gasteiger partial charge is 0.408 e. The Morgan fingerprint density at radius 3 is 2.47 bits per heavy atom. The summed E-state index contributed by atoms with van der Waals surface area (Å²) in [4.78, 5) is 34.4. The number of aromatic nitrogens is 2. The zero-order valence-electron chi connectivity index (χ0n) is 22.1. The van der Waals surface area contributed by atoms with Crippen molar-refractivity contribution in [1.29, 1.82) is 5.53 Å². The Labute approximate surface area is 220 Å². The molecule has 1 aromatic heterocycles. The zero-order valence-corrected chi connectivity index (χ0v) is 22.1. The largest absolute Gasteiger partial charge is 0.497 e. The molecule has 10 heteroatoms. The van der Waals surface area contributed by atoms with Crippen LogP contribution in [0, 0.1) is 5.53 Å². The van der Waals surface area contributed by atoms with Gasteiger partial charge in [0.05, 0.1) is 24.6 Å². The lowest BCUT2D eigenvalue weighted by Gasteiger charge is -2.42. The van der Waals surface area contributed by atoms with Crippen LogP contribution in [0.3, 0.4) is 0 Å². The lowest BCUT2D eigenvalue weighted by atomic mass is 9.73. The quantitative estimate of drug-likeness (QED) is 0.455. The van der Waals surface area contributed by atoms with Crippen LogP contribution in [0.2, 0.25) is 0 Å². The van der Waals surface area contributed by atoms with Crippen LogP contribution >= 0.6 is 0 Å². The van der Waals surface area contributed by atoms with Crippen molar-refractivity contribution >= 4 is 17.8 Å². The van der Waals surface area contributed by atoms with Crippen LogP contribution in [0.15, 0.2) is 47.3 Å². The third kappa shape index (κ3) is 4.66. The Morgan fingerprint density at radius 1 is 1.18 bits per heavy atom. The van der Waals surface area contributed by atoms with Gasteiger partial charge in [0.25, 0.3) is 5.70 Å². The summed E-state index contributed by atoms with van der Waals surface area (Å²) in [5.41, 5.74) is 11.5. The maximum Gasteiger partial charge on any atom is 0.408 e. The number of ether oxygens (including phenoxy) is 2. The molecule has 0 spiro atoms. The normalized spacial score (nSPS) is 17.9. The minimum Gasteiger partial charge on any atom is -0.497 e. The Morgan fingerprint density at radius 2 is 1.89 bits per heavy atom. The first-order valence-corrected chi connectivity index (χ1v) is 12.7. The molecule has 1 saturated carbocycles. The molecule has 0 saturated heterocycles. The molecule has 5 rings (SSSR count). The first-order valence-electron chi connectivity index (χ1n) is 12.7. The van der Waals surface area contributed by atoms with Crippen molar-refractivity contribution in [2.24, 2.45) is 0 Å². The highest BCUT2D eigenvalue weighted by atomic mass is 16.6. The van der Waals surface area contributed by atoms with E-state index in [1.807, 2.05) is 24.3 Å². The van der Waals surface area contributed by atoms with E-state index in [1.54, 1.807) is 34.1 Å². The van der Waals surface area contributed by atoms with Gasteiger partial charge in [0.15, 0.2) is 5.82 Å². The highest BCUT2D eigenvalue weighted by Crippen LogP contribution is 2.47. The van der Waals surface area contributed by atoms with Crippen LogP contribution < -0.4 is 10.1 Å². The molecule has 3 aliphatic rings. The number of benzene rings is 1. The standard InChI is InChI=1S/C28H31N5O5/c1-27(2,3)38-26(36)32-28(12-5-13-28)14-20-21(25(34)35)19-11-8-17-15-30-24(31-22(17)23(19)33(20)29)16-6-9-18(37-4)10-7-16/h6-7,9-10,15,29H,5,8,11-14H2,1-4H3,(H-,32,34,35,36)/p+1. The molecular formula is C28H32N5O5+. The van der Waals surface area contributed by atoms with Crippen molar-refractivity contribution in [2.45, 2.75) is 70.4 Å². The molecule has 2 aromatic rings. The van der Waals surface area contributed by atoms with Crippen molar-refractivity contribution in [3.05, 3.63) is 58.6 Å². The Kier molecular flexibility index (Phi) is 6.28. The number of carboxylic acids is 1. The molecule has 1 aliphatic heterocycles. The number of rotatable bonds is 6. The Balaban J connectivity index is 1.48. The molecule has 0 unspecified atom stereocenters. The third-order valence-corrected chi connectivity index (χ3v) is 7.25. The predicted octanol–water partition coefficient (Wildman–Crippen LogP) is 5.04. The topological polar surface area (TPSA) is 138 Å². The molecule has 38 heavy (non-hydrogen) atoms. The molecule has 1 aromatic carbocycles. The van der Waals surface area contributed by atoms with E-state index in [1.165, 1.54) is 4.70 Å². The number of aliphatic carboxylic acids is 1. The van der Waals surface area contributed by atoms with Gasteiger partial charge in [-0.25, -0.2) is 19.6 Å². The van der Waals surface area contributed by atoms with Crippen molar-refractivity contribution < 1.29 is 28.9 Å². The molecule has 2 aliphatic carbocycles. The summed E-state index contributed by atoms with van der Waals surface area (Å²) in [7, 11) is 1.60. The van der Waals surface area contributed by atoms with Crippen LogP contribution in [0.1, 0.15) is 64.1 Å². The number of fused-ring (bicyclic) bond motifs is 2. The van der Waals surface area contributed by atoms with Crippen LogP contribution in [-0.4, -0.2) is 50.1 Å². The molecular weight excluding hydrogens is 486 g/mol. The number of methoxy groups -OCH3 is 1. The van der Waals surface area contributed by atoms with Crippen molar-refractivity contribution in [3.8, 4) is 17.1 Å². The van der Waals surface area contributed by atoms with Gasteiger partial charge in [-0.1, -0.05) is 4.70 Å². The fourth-order valence-corrected chi connectivity index (χ4v) is 5.31. The minimum atomic E-state index is -1.08. The number of aryl methyl sites for hydroxylation is 1. The summed E-state index contributed by atoms with van der Waals surface area (Å²) >= 11 is 0. The van der Waals surface area contributed by atoms with E-state index >= 15 is 0 Å². The van der Waals surface area contributed by atoms with Crippen molar-refractivity contribution in [1.82, 2.24) is 15.3 Å². The second kappa shape index (κ2) is 9.34. The van der Waals surface area contributed by atoms with Gasteiger partial charge in [-0.15, -0.1) is 0 Å². The van der Waals surface area contributed by atoms with Gasteiger partial charge in [0.2, 0.25) is 5.70 Å². The van der Waals surface area contributed by atoms with E-state index in [4.69, 9.17) is 20.0 Å². The molecule has 1 amide bonds. The zero-order chi connectivity index (χ0) is 27.2. The third-order valence-electron chi connectivity index (χ3n) is 7.25. The summed E-state index contributed by atoms with van der Waals surface area (Å²) in [5, 5.41) is 13.2. The Bertz CT molecular complexity index is 1400. The number of alkyl carbamates (subject to hydrolysis) is 1. The molecule has 0 bridgehead atoms. The van der Waals surface area contributed by atoms with Gasteiger partial charge >= 0.3 is 12.1 Å². The molecule has 0 atom stereocenters. The van der Waals surface area contributed by atoms with E-state index in [0.29, 0.717) is 54.2 Å². The number of nitrogens with one attached hydrogen (secondary N) is 2. The summed E-state index contributed by atoms with van der Waals surface area (Å²) in [5.74, 6) is 0.123. The fourth-order valence-electron chi connectivity index (χ4n) is 5.31. The first-order chi connectivity index (χ1) is 18.0. The van der Waals surface area contributed by atoms with Crippen molar-refractivity contribution in [3.63, 3.8) is 0 Å². The second-order valence-corrected chi connectivity index (χ2v) is 11.0. The number of hydrogen-bond acceptors (Lipinski definition) is 7. The van der Waals surface area contributed by atoms with E-state index in [2.05, 4.69) is 10.3 Å². The molecule has 1 fully saturated rings. The Hall–Kier alpha value is -4.08. The van der Waals surface area contributed by atoms with Crippen LogP contribution in [0.25, 0.3) is 17.1 Å². The van der Waals surface area contributed by atoms with Gasteiger partial charge in [0, 0.05) is 17.3 Å². The molecule has 198 valence electrons. The monoisotopic (exact) mass is 518 g/mol. The average Bonchev–Trinajstić information content (AvgIpc) is 3.13. The SMILES string of the molecule is COc1ccc(-c2ncc3c(n2)C2=C(CC3)C(C(=O)O)=C(CC3(NC(=O)OC(C)(C)C)CCC3)[N+]2=N)cc1. The molecule has 10 nitrogen and oxygen atoms in total. The van der Waals surface area contributed by atoms with Crippen LogP contribution in [-0.2, 0) is 16.0 Å². The minimum absolute atomic E-state index is 0.127. The van der Waals surface area contributed by atoms with E-state index < -0.39 is 23.2 Å². The predicted molar refractivity (Wildman–Crippen MR) is 137 cm³/mol. The molecule has 0 radical (unpaired) electrons. The van der Waals surface area contributed by atoms with E-state index in [9.17, 15) is 14.7 Å². The van der Waals surface area contributed by atoms with Crippen molar-refractivity contribution in [2.75, 3.05) is 7.11 Å². The fraction of sp³-hybridized carbons (Fsp3) is 0.429. The lowest BCUT2D eigenvalue weighted by molar-refractivity contribution is -0.478. The maximum atomic E-state index is 12.6. The first kappa shape index (κ1) is 25.6. The number of nitrogens with zero attached hydrogens (tertiary/aromatic N) is 3. The summed E-state index contributed by atoms with van der Waals surface area (Å²) in [6.45, 7) is 5.39. The number of carbonyl (C=O) groups is 2.